The molecule has 0 atom stereocenters. The second kappa shape index (κ2) is 12.6. The first-order chi connectivity index (χ1) is 33.9. The Bertz CT molecular complexity index is 4100. The molecule has 0 N–H and O–H groups in total. The zero-order valence-corrected chi connectivity index (χ0v) is 28.5. The highest BCUT2D eigenvalue weighted by Gasteiger charge is 2.17. The van der Waals surface area contributed by atoms with Gasteiger partial charge in [-0.15, -0.1) is 0 Å². The van der Waals surface area contributed by atoms with Crippen molar-refractivity contribution in [3.05, 3.63) is 194 Å². The molecular weight excluding hydrogens is 669 g/mol. The fourth-order valence-corrected chi connectivity index (χ4v) is 7.15. The smallest absolute Gasteiger partial charge is 0.164 e. The van der Waals surface area contributed by atoms with Crippen molar-refractivity contribution in [1.82, 2.24) is 19.5 Å². The van der Waals surface area contributed by atoms with E-state index in [4.69, 9.17) is 27.3 Å². The molecule has 0 saturated carbocycles. The summed E-state index contributed by atoms with van der Waals surface area (Å²) in [5.74, 6) is 0.0940. The zero-order valence-electron chi connectivity index (χ0n) is 44.5. The molecule has 0 aliphatic rings. The van der Waals surface area contributed by atoms with E-state index in [9.17, 15) is 9.60 Å². The number of para-hydroxylation sites is 1. The highest BCUT2D eigenvalue weighted by Crippen LogP contribution is 2.38. The van der Waals surface area contributed by atoms with Crippen molar-refractivity contribution in [2.24, 2.45) is 0 Å². The predicted octanol–water partition coefficient (Wildman–Crippen LogP) is 13.1. The summed E-state index contributed by atoms with van der Waals surface area (Å²) >= 11 is 0. The topological polar surface area (TPSA) is 43.6 Å². The van der Waals surface area contributed by atoms with Crippen molar-refractivity contribution < 1.29 is 21.9 Å². The minimum Gasteiger partial charge on any atom is -0.309 e. The van der Waals surface area contributed by atoms with Gasteiger partial charge in [-0.05, 0) is 91.8 Å². The van der Waals surface area contributed by atoms with Gasteiger partial charge in [0.05, 0.1) is 33.0 Å². The van der Waals surface area contributed by atoms with Crippen molar-refractivity contribution in [3.63, 3.8) is 0 Å². The Morgan fingerprint density at radius 2 is 0.891 bits per heavy atom. The summed E-state index contributed by atoms with van der Waals surface area (Å²) in [5.41, 5.74) is -1.92. The van der Waals surface area contributed by atoms with E-state index in [0.717, 1.165) is 36.9 Å². The third-order valence-electron chi connectivity index (χ3n) is 9.64. The maximum Gasteiger partial charge on any atom is 0.164 e. The Morgan fingerprint density at radius 3 is 1.60 bits per heavy atom. The number of benzene rings is 9. The first kappa shape index (κ1) is 19.1. The molecule has 0 spiro atoms. The van der Waals surface area contributed by atoms with E-state index in [1.807, 2.05) is 54.6 Å². The van der Waals surface area contributed by atoms with Gasteiger partial charge in [0.2, 0.25) is 0 Å². The van der Waals surface area contributed by atoms with E-state index in [1.165, 1.54) is 0 Å². The molecule has 11 aromatic rings. The van der Waals surface area contributed by atoms with Crippen LogP contribution in [0.2, 0.25) is 0 Å². The summed E-state index contributed by atoms with van der Waals surface area (Å²) in [6, 6.07) is 18.8. The van der Waals surface area contributed by atoms with Gasteiger partial charge in [0.15, 0.2) is 17.5 Å². The molecule has 11 rings (SSSR count). The lowest BCUT2D eigenvalue weighted by Gasteiger charge is -2.13. The molecule has 0 saturated heterocycles. The third-order valence-corrected chi connectivity index (χ3v) is 9.64. The standard InChI is InChI=1S/C51H32N4/c1-3-13-33(14-4-1)36-26-30-48-46(31-36)44-21-11-12-22-47(44)55(48)38-27-23-35(24-28-38)50-52-49(34-15-5-2-6-16-34)53-51(54-50)37-25-29-43-41-19-8-7-17-39(41)40-18-9-10-20-42(40)45(43)32-37/h1-32H/i1D,3D,4D,11D,12D,13D,14D,21D,22D,23D,24D,26D,27D,28D,30D,31D. The molecule has 4 heteroatoms. The number of aromatic nitrogens is 4. The molecule has 0 unspecified atom stereocenters. The van der Waals surface area contributed by atoms with Crippen LogP contribution in [0.4, 0.5) is 0 Å². The SMILES string of the molecule is [2H]c1c([2H])c([2H])c(-c2c([2H])c([2H])c3c(c2[2H])c2c([2H])c([2H])c([2H])c([2H])c2n3-c2c([2H])c([2H])c(-c3nc(-c4ccccc4)nc(-c4ccc5c6ccccc6c6ccccc6c5c4)n3)c([2H])c2[2H])c([2H])c1[2H]. The highest BCUT2D eigenvalue weighted by molar-refractivity contribution is 6.25. The van der Waals surface area contributed by atoms with Gasteiger partial charge in [0, 0.05) is 33.2 Å². The average Bonchev–Trinajstić information content (AvgIpc) is 3.74. The minimum atomic E-state index is -0.826. The van der Waals surface area contributed by atoms with Crippen LogP contribution in [0.3, 0.4) is 0 Å². The zero-order chi connectivity index (χ0) is 50.2. The van der Waals surface area contributed by atoms with Crippen molar-refractivity contribution in [3.8, 4) is 51.0 Å². The van der Waals surface area contributed by atoms with Gasteiger partial charge in [0.25, 0.3) is 0 Å². The van der Waals surface area contributed by atoms with Crippen LogP contribution in [0.1, 0.15) is 21.9 Å². The fourth-order valence-electron chi connectivity index (χ4n) is 7.15. The Morgan fingerprint density at radius 1 is 0.345 bits per heavy atom. The van der Waals surface area contributed by atoms with E-state index in [1.54, 1.807) is 24.3 Å². The molecule has 9 aromatic carbocycles. The Kier molecular flexibility index (Phi) is 4.37. The Labute approximate surface area is 340 Å². The van der Waals surface area contributed by atoms with Crippen LogP contribution in [-0.4, -0.2) is 19.5 Å². The number of fused-ring (bicyclic) bond motifs is 9. The summed E-state index contributed by atoms with van der Waals surface area (Å²) in [6.45, 7) is 0. The summed E-state index contributed by atoms with van der Waals surface area (Å²) in [7, 11) is 0. The van der Waals surface area contributed by atoms with Crippen LogP contribution in [0, 0.1) is 0 Å². The summed E-state index contributed by atoms with van der Waals surface area (Å²) in [6.07, 6.45) is 0. The molecule has 256 valence electrons. The van der Waals surface area contributed by atoms with Gasteiger partial charge >= 0.3 is 0 Å². The highest BCUT2D eigenvalue weighted by atomic mass is 15.0. The van der Waals surface area contributed by atoms with Gasteiger partial charge in [-0.3, -0.25) is 0 Å². The Balaban J connectivity index is 1.20. The Hall–Kier alpha value is -7.43. The number of rotatable bonds is 5. The quantitative estimate of drug-likeness (QED) is 0.167. The first-order valence-corrected chi connectivity index (χ1v) is 17.3. The van der Waals surface area contributed by atoms with Gasteiger partial charge in [-0.2, -0.15) is 0 Å². The predicted molar refractivity (Wildman–Crippen MR) is 228 cm³/mol. The molecule has 55 heavy (non-hydrogen) atoms. The summed E-state index contributed by atoms with van der Waals surface area (Å²) in [5, 5.41) is 5.25. The van der Waals surface area contributed by atoms with Crippen molar-refractivity contribution >= 4 is 54.1 Å². The van der Waals surface area contributed by atoms with Crippen LogP contribution in [0.5, 0.6) is 0 Å². The third kappa shape index (κ3) is 5.19. The second-order valence-electron chi connectivity index (χ2n) is 12.8. The summed E-state index contributed by atoms with van der Waals surface area (Å²) in [4.78, 5) is 14.4. The van der Waals surface area contributed by atoms with Crippen molar-refractivity contribution in [2.45, 2.75) is 0 Å². The molecule has 0 amide bonds. The summed E-state index contributed by atoms with van der Waals surface area (Å²) < 4.78 is 145. The van der Waals surface area contributed by atoms with Crippen LogP contribution >= 0.6 is 0 Å². The largest absolute Gasteiger partial charge is 0.309 e. The number of hydrogen-bond donors (Lipinski definition) is 0. The van der Waals surface area contributed by atoms with Crippen molar-refractivity contribution in [1.29, 1.82) is 0 Å². The number of nitrogens with zero attached hydrogens (tertiary/aromatic N) is 4. The lowest BCUT2D eigenvalue weighted by Crippen LogP contribution is -2.00. The fraction of sp³-hybridized carbons (Fsp3) is 0. The monoisotopic (exact) mass is 716 g/mol. The van der Waals surface area contributed by atoms with Crippen LogP contribution in [0.25, 0.3) is 105 Å². The molecule has 0 aliphatic carbocycles. The van der Waals surface area contributed by atoms with Gasteiger partial charge in [-0.25, -0.2) is 15.0 Å². The molecule has 0 fully saturated rings. The molecular formula is C51H32N4. The van der Waals surface area contributed by atoms with Gasteiger partial charge in [-0.1, -0.05) is 145 Å². The maximum absolute atomic E-state index is 9.58. The molecule has 0 radical (unpaired) electrons. The average molecular weight is 717 g/mol. The molecule has 0 bridgehead atoms. The van der Waals surface area contributed by atoms with E-state index < -0.39 is 135 Å². The first-order valence-electron chi connectivity index (χ1n) is 25.3. The van der Waals surface area contributed by atoms with Crippen molar-refractivity contribution in [2.75, 3.05) is 0 Å². The molecule has 4 nitrogen and oxygen atoms in total. The van der Waals surface area contributed by atoms with Crippen LogP contribution in [-0.2, 0) is 0 Å². The molecule has 2 aromatic heterocycles. The molecule has 2 heterocycles. The lowest BCUT2D eigenvalue weighted by atomic mass is 9.93. The van der Waals surface area contributed by atoms with E-state index in [0.29, 0.717) is 11.1 Å². The van der Waals surface area contributed by atoms with E-state index in [-0.39, 0.29) is 23.0 Å². The van der Waals surface area contributed by atoms with Gasteiger partial charge < -0.3 is 4.57 Å². The van der Waals surface area contributed by atoms with Crippen LogP contribution in [0.15, 0.2) is 194 Å². The second-order valence-corrected chi connectivity index (χ2v) is 12.8. The minimum absolute atomic E-state index is 0.159. The van der Waals surface area contributed by atoms with E-state index in [2.05, 4.69) is 18.2 Å². The van der Waals surface area contributed by atoms with Gasteiger partial charge in [0.1, 0.15) is 0 Å². The normalized spacial score (nSPS) is 15.7. The number of hydrogen-bond acceptors (Lipinski definition) is 3. The van der Waals surface area contributed by atoms with E-state index >= 15 is 0 Å². The maximum atomic E-state index is 9.58. The lowest BCUT2D eigenvalue weighted by molar-refractivity contribution is 1.07. The van der Waals surface area contributed by atoms with Crippen LogP contribution < -0.4 is 0 Å². The molecule has 0 aliphatic heterocycles.